The quantitative estimate of drug-likeness (QED) is 0.142. The van der Waals surface area contributed by atoms with E-state index in [2.05, 4.69) is 279 Å². The van der Waals surface area contributed by atoms with Gasteiger partial charge in [-0.1, -0.05) is 200 Å². The first-order valence-corrected chi connectivity index (χ1v) is 26.9. The Bertz CT molecular complexity index is 4980. The second-order valence-electron chi connectivity index (χ2n) is 20.5. The Kier molecular flexibility index (Phi) is 9.76. The lowest BCUT2D eigenvalue weighted by Crippen LogP contribution is -2.14. The summed E-state index contributed by atoms with van der Waals surface area (Å²) < 4.78 is 9.80. The summed E-state index contributed by atoms with van der Waals surface area (Å²) >= 11 is 0. The Hall–Kier alpha value is -10.4. The fourth-order valence-corrected chi connectivity index (χ4v) is 13.1. The first-order chi connectivity index (χ1) is 38.7. The minimum Gasteiger partial charge on any atom is -0.317 e. The van der Waals surface area contributed by atoms with Gasteiger partial charge in [-0.25, -0.2) is 4.85 Å². The molecule has 0 spiro atoms. The molecule has 364 valence electrons. The normalized spacial score (nSPS) is 12.8. The van der Waals surface area contributed by atoms with Gasteiger partial charge in [0.1, 0.15) is 0 Å². The maximum absolute atomic E-state index is 10.1. The molecule has 0 bridgehead atoms. The number of rotatable bonds is 7. The highest BCUT2D eigenvalue weighted by Crippen LogP contribution is 2.55. The molecule has 5 heteroatoms. The molecule has 0 aliphatic heterocycles. The third-order valence-corrected chi connectivity index (χ3v) is 16.4. The van der Waals surface area contributed by atoms with Gasteiger partial charge < -0.3 is 18.3 Å². The van der Waals surface area contributed by atoms with Crippen LogP contribution in [0.5, 0.6) is 0 Å². The van der Waals surface area contributed by atoms with E-state index in [1.54, 1.807) is 0 Å². The van der Waals surface area contributed by atoms with Crippen molar-refractivity contribution in [1.29, 1.82) is 0 Å². The van der Waals surface area contributed by atoms with E-state index >= 15 is 0 Å². The van der Waals surface area contributed by atoms with E-state index in [0.717, 1.165) is 145 Å². The molecular formula is C73H47N5. The Morgan fingerprint density at radius 1 is 0.295 bits per heavy atom. The Labute approximate surface area is 450 Å². The maximum Gasteiger partial charge on any atom is 0.238 e. The molecule has 11 aromatic carbocycles. The lowest BCUT2D eigenvalue weighted by atomic mass is 9.95. The van der Waals surface area contributed by atoms with Crippen LogP contribution in [0.1, 0.15) is 18.4 Å². The third-order valence-electron chi connectivity index (χ3n) is 16.4. The average Bonchev–Trinajstić information content (AvgIpc) is 4.33. The average molecular weight is 994 g/mol. The van der Waals surface area contributed by atoms with Gasteiger partial charge in [0.05, 0.1) is 73.5 Å². The summed E-state index contributed by atoms with van der Waals surface area (Å²) in [6.07, 6.45) is 8.99. The summed E-state index contributed by atoms with van der Waals surface area (Å²) in [4.78, 5) is 5.00. The fourth-order valence-electron chi connectivity index (χ4n) is 13.1. The van der Waals surface area contributed by atoms with Crippen molar-refractivity contribution >= 4 is 98.5 Å². The highest BCUT2D eigenvalue weighted by molar-refractivity contribution is 6.19. The SMILES string of the molecule is [C-]#[N+]c1c(-n2c3ccccc3c3ccccc32)c(-n2c3ccccc3c3cc(C4=CCCC=C4)ccc32)c(-c2ccccc2)c(-n2c3ccccc3c3cc(-c4ccccc4)ccc32)c1-n1c2ccccc2c2ccccc21. The van der Waals surface area contributed by atoms with Crippen LogP contribution in [0.4, 0.5) is 5.69 Å². The minimum atomic E-state index is 0.532. The van der Waals surface area contributed by atoms with Crippen LogP contribution in [0.2, 0.25) is 0 Å². The van der Waals surface area contributed by atoms with E-state index < -0.39 is 0 Å². The molecular weight excluding hydrogens is 947 g/mol. The van der Waals surface area contributed by atoms with Crippen LogP contribution in [0.15, 0.2) is 261 Å². The molecule has 0 unspecified atom stereocenters. The molecule has 0 saturated carbocycles. The summed E-state index contributed by atoms with van der Waals surface area (Å²) in [6, 6.07) is 88.1. The zero-order valence-electron chi connectivity index (χ0n) is 42.5. The number of aromatic nitrogens is 4. The smallest absolute Gasteiger partial charge is 0.238 e. The Balaban J connectivity index is 1.21. The van der Waals surface area contributed by atoms with Gasteiger partial charge in [0.25, 0.3) is 0 Å². The lowest BCUT2D eigenvalue weighted by Gasteiger charge is -2.29. The van der Waals surface area contributed by atoms with Gasteiger partial charge in [-0.2, -0.15) is 0 Å². The summed E-state index contributed by atoms with van der Waals surface area (Å²) in [5, 5.41) is 9.04. The molecule has 0 saturated heterocycles. The van der Waals surface area contributed by atoms with Crippen LogP contribution in [0, 0.1) is 6.57 Å². The highest BCUT2D eigenvalue weighted by atomic mass is 15.1. The molecule has 15 aromatic rings. The maximum atomic E-state index is 10.1. The summed E-state index contributed by atoms with van der Waals surface area (Å²) in [5.74, 6) is 0. The molecule has 0 amide bonds. The fraction of sp³-hybridized carbons (Fsp3) is 0.0274. The van der Waals surface area contributed by atoms with E-state index in [1.165, 1.54) is 11.1 Å². The van der Waals surface area contributed by atoms with Crippen molar-refractivity contribution in [3.8, 4) is 45.0 Å². The van der Waals surface area contributed by atoms with Crippen LogP contribution in [-0.4, -0.2) is 18.3 Å². The zero-order valence-corrected chi connectivity index (χ0v) is 42.5. The van der Waals surface area contributed by atoms with Crippen molar-refractivity contribution in [2.75, 3.05) is 0 Å². The molecule has 78 heavy (non-hydrogen) atoms. The van der Waals surface area contributed by atoms with Crippen molar-refractivity contribution in [3.05, 3.63) is 278 Å². The topological polar surface area (TPSA) is 24.1 Å². The Morgan fingerprint density at radius 3 is 1.05 bits per heavy atom. The van der Waals surface area contributed by atoms with Crippen LogP contribution < -0.4 is 0 Å². The predicted molar refractivity (Wildman–Crippen MR) is 327 cm³/mol. The summed E-state index contributed by atoms with van der Waals surface area (Å²) in [6.45, 7) is 10.1. The van der Waals surface area contributed by atoms with Crippen molar-refractivity contribution in [1.82, 2.24) is 18.3 Å². The van der Waals surface area contributed by atoms with Gasteiger partial charge in [-0.05, 0) is 101 Å². The van der Waals surface area contributed by atoms with Crippen molar-refractivity contribution < 1.29 is 0 Å². The molecule has 1 aliphatic rings. The van der Waals surface area contributed by atoms with Gasteiger partial charge in [0.15, 0.2) is 0 Å². The van der Waals surface area contributed by atoms with Gasteiger partial charge >= 0.3 is 0 Å². The number of allylic oxidation sites excluding steroid dienone is 4. The molecule has 5 nitrogen and oxygen atoms in total. The largest absolute Gasteiger partial charge is 0.317 e. The monoisotopic (exact) mass is 993 g/mol. The molecule has 0 fully saturated rings. The molecule has 0 N–H and O–H groups in total. The van der Waals surface area contributed by atoms with Gasteiger partial charge in [0.2, 0.25) is 5.69 Å². The predicted octanol–water partition coefficient (Wildman–Crippen LogP) is 19.7. The third kappa shape index (κ3) is 6.35. The van der Waals surface area contributed by atoms with Crippen LogP contribution in [0.25, 0.3) is 143 Å². The Morgan fingerprint density at radius 2 is 0.641 bits per heavy atom. The van der Waals surface area contributed by atoms with Crippen molar-refractivity contribution in [2.45, 2.75) is 12.8 Å². The van der Waals surface area contributed by atoms with Crippen molar-refractivity contribution in [2.24, 2.45) is 0 Å². The van der Waals surface area contributed by atoms with Gasteiger partial charge in [-0.3, -0.25) is 0 Å². The second kappa shape index (κ2) is 17.3. The number of nitrogens with zero attached hydrogens (tertiary/aromatic N) is 5. The molecule has 1 aliphatic carbocycles. The number of hydrogen-bond donors (Lipinski definition) is 0. The molecule has 0 radical (unpaired) electrons. The van der Waals surface area contributed by atoms with E-state index in [4.69, 9.17) is 4.85 Å². The number of para-hydroxylation sites is 6. The summed E-state index contributed by atoms with van der Waals surface area (Å²) in [5.41, 5.74) is 19.0. The van der Waals surface area contributed by atoms with Gasteiger partial charge in [0, 0.05) is 48.7 Å². The minimum absolute atomic E-state index is 0.532. The van der Waals surface area contributed by atoms with Crippen molar-refractivity contribution in [3.63, 3.8) is 0 Å². The molecule has 0 atom stereocenters. The van der Waals surface area contributed by atoms with E-state index in [0.29, 0.717) is 5.69 Å². The van der Waals surface area contributed by atoms with Crippen LogP contribution in [-0.2, 0) is 0 Å². The number of hydrogen-bond acceptors (Lipinski definition) is 0. The first-order valence-electron chi connectivity index (χ1n) is 26.9. The number of benzene rings is 11. The molecule has 16 rings (SSSR count). The summed E-state index contributed by atoms with van der Waals surface area (Å²) in [7, 11) is 0. The molecule has 4 heterocycles. The van der Waals surface area contributed by atoms with Crippen LogP contribution in [0.3, 0.4) is 0 Å². The first kappa shape index (κ1) is 43.9. The van der Waals surface area contributed by atoms with Gasteiger partial charge in [-0.15, -0.1) is 0 Å². The van der Waals surface area contributed by atoms with E-state index in [-0.39, 0.29) is 0 Å². The standard InChI is InChI=1S/C73H47N5/c1-74-69-72(77-60-35-17-11-29-52(60)53-30-12-18-36-61(53)77)70(75-64-39-21-15-33-56(64)58-45-50(41-43-66(58)75)47-23-5-2-6-24-47)68(49-27-9-4-10-28-49)71(73(69)78-62-37-19-13-31-54(62)55-32-14-20-38-63(55)78)76-65-40-22-16-34-57(65)59-46-51(42-44-67(59)76)48-25-7-3-8-26-48/h2,4-7,9-46H,3,8H2. The molecule has 4 aromatic heterocycles. The van der Waals surface area contributed by atoms with E-state index in [1.807, 2.05) is 0 Å². The lowest BCUT2D eigenvalue weighted by molar-refractivity contribution is 1.04. The zero-order chi connectivity index (χ0) is 51.4. The second-order valence-corrected chi connectivity index (χ2v) is 20.5. The number of fused-ring (bicyclic) bond motifs is 12. The van der Waals surface area contributed by atoms with E-state index in [9.17, 15) is 6.57 Å². The van der Waals surface area contributed by atoms with Crippen LogP contribution >= 0.6 is 0 Å². The highest BCUT2D eigenvalue weighted by Gasteiger charge is 2.35.